The molecule has 9 heteroatoms. The molecule has 9 nitrogen and oxygen atoms in total. The number of fused-ring (bicyclic) bond motifs is 2. The molecule has 2 saturated heterocycles. The number of carbonyl (C=O) groups excluding carboxylic acids is 2. The highest BCUT2D eigenvalue weighted by molar-refractivity contribution is 5.95. The molecule has 0 aromatic heterocycles. The molecule has 0 spiro atoms. The van der Waals surface area contributed by atoms with Crippen LogP contribution in [0.3, 0.4) is 0 Å². The van der Waals surface area contributed by atoms with Crippen molar-refractivity contribution in [1.82, 2.24) is 5.32 Å². The third-order valence-corrected chi connectivity index (χ3v) is 5.24. The Hall–Kier alpha value is -3.30. The van der Waals surface area contributed by atoms with Gasteiger partial charge in [0.25, 0.3) is 5.91 Å². The van der Waals surface area contributed by atoms with Gasteiger partial charge in [-0.1, -0.05) is 18.2 Å². The topological polar surface area (TPSA) is 104 Å². The van der Waals surface area contributed by atoms with E-state index in [1.54, 1.807) is 30.3 Å². The summed E-state index contributed by atoms with van der Waals surface area (Å²) in [6.45, 7) is 0.618. The molecular weight excluding hydrogens is 392 g/mol. The van der Waals surface area contributed by atoms with Crippen molar-refractivity contribution >= 4 is 17.7 Å². The van der Waals surface area contributed by atoms with Crippen molar-refractivity contribution in [3.05, 3.63) is 54.1 Å². The monoisotopic (exact) mass is 412 g/mol. The van der Waals surface area contributed by atoms with E-state index in [9.17, 15) is 9.59 Å². The zero-order chi connectivity index (χ0) is 20.5. The van der Waals surface area contributed by atoms with Crippen molar-refractivity contribution in [2.75, 3.05) is 25.3 Å². The number of carbonyl (C=O) groups is 2. The van der Waals surface area contributed by atoms with Crippen LogP contribution in [0.5, 0.6) is 11.5 Å². The van der Waals surface area contributed by atoms with Gasteiger partial charge in [0.15, 0.2) is 17.6 Å². The molecule has 0 saturated carbocycles. The molecule has 156 valence electrons. The Kier molecular flexibility index (Phi) is 4.89. The number of para-hydroxylation sites is 1. The number of benzene rings is 2. The van der Waals surface area contributed by atoms with Crippen LogP contribution in [-0.4, -0.2) is 56.4 Å². The fourth-order valence-electron chi connectivity index (χ4n) is 3.78. The van der Waals surface area contributed by atoms with Crippen LogP contribution in [0.25, 0.3) is 0 Å². The van der Waals surface area contributed by atoms with Crippen LogP contribution < -0.4 is 20.1 Å². The lowest BCUT2D eigenvalue weighted by Gasteiger charge is -2.18. The Morgan fingerprint density at radius 2 is 1.73 bits per heavy atom. The van der Waals surface area contributed by atoms with Gasteiger partial charge in [-0.05, 0) is 30.3 Å². The van der Waals surface area contributed by atoms with Crippen molar-refractivity contribution in [3.63, 3.8) is 0 Å². The average molecular weight is 412 g/mol. The highest BCUT2D eigenvalue weighted by Crippen LogP contribution is 2.33. The molecule has 0 radical (unpaired) electrons. The molecule has 2 N–H and O–H groups in total. The molecule has 3 aliphatic rings. The van der Waals surface area contributed by atoms with Crippen LogP contribution in [0.1, 0.15) is 10.4 Å². The molecule has 3 aliphatic heterocycles. The average Bonchev–Trinajstić information content (AvgIpc) is 3.47. The van der Waals surface area contributed by atoms with E-state index >= 15 is 0 Å². The molecule has 2 fully saturated rings. The van der Waals surface area contributed by atoms with Gasteiger partial charge in [0.1, 0.15) is 12.2 Å². The van der Waals surface area contributed by atoms with Crippen molar-refractivity contribution in [3.8, 4) is 11.5 Å². The second-order valence-corrected chi connectivity index (χ2v) is 7.18. The van der Waals surface area contributed by atoms with Crippen molar-refractivity contribution in [1.29, 1.82) is 0 Å². The maximum Gasteiger partial charge on any atom is 0.412 e. The molecule has 0 unspecified atom stereocenters. The molecule has 3 heterocycles. The van der Waals surface area contributed by atoms with Crippen LogP contribution in [0.4, 0.5) is 10.5 Å². The lowest BCUT2D eigenvalue weighted by atomic mass is 10.1. The van der Waals surface area contributed by atoms with Crippen LogP contribution in [-0.2, 0) is 14.2 Å². The second kappa shape index (κ2) is 7.85. The second-order valence-electron chi connectivity index (χ2n) is 7.18. The summed E-state index contributed by atoms with van der Waals surface area (Å²) in [6, 6.07) is 13.7. The van der Waals surface area contributed by atoms with Crippen LogP contribution in [0, 0.1) is 0 Å². The Morgan fingerprint density at radius 3 is 2.60 bits per heavy atom. The number of hydrogen-bond acceptors (Lipinski definition) is 7. The summed E-state index contributed by atoms with van der Waals surface area (Å²) < 4.78 is 27.6. The largest absolute Gasteiger partial charge is 0.454 e. The minimum Gasteiger partial charge on any atom is -0.454 e. The molecule has 0 bridgehead atoms. The van der Waals surface area contributed by atoms with Gasteiger partial charge < -0.3 is 29.0 Å². The number of amides is 2. The predicted octanol–water partition coefficient (Wildman–Crippen LogP) is 1.93. The summed E-state index contributed by atoms with van der Waals surface area (Å²) in [5.74, 6) is 0.888. The summed E-state index contributed by atoms with van der Waals surface area (Å²) in [5.41, 5.74) is 1.09. The van der Waals surface area contributed by atoms with E-state index in [0.717, 1.165) is 0 Å². The Morgan fingerprint density at radius 1 is 0.933 bits per heavy atom. The first-order valence-electron chi connectivity index (χ1n) is 9.64. The van der Waals surface area contributed by atoms with E-state index < -0.39 is 24.4 Å². The van der Waals surface area contributed by atoms with Gasteiger partial charge in [0.05, 0.1) is 19.3 Å². The maximum atomic E-state index is 12.6. The van der Waals surface area contributed by atoms with Gasteiger partial charge in [0.2, 0.25) is 6.79 Å². The SMILES string of the molecule is O=C(Nc1ccccc1)O[C@H]1CO[C@@H]2[C@@H]1OC[C@@H]2NC(=O)c1ccc2c(c1)OCO2. The van der Waals surface area contributed by atoms with Crippen molar-refractivity contribution < 1.29 is 33.3 Å². The van der Waals surface area contributed by atoms with E-state index in [2.05, 4.69) is 10.6 Å². The summed E-state index contributed by atoms with van der Waals surface area (Å²) >= 11 is 0. The van der Waals surface area contributed by atoms with Gasteiger partial charge in [-0.25, -0.2) is 4.79 Å². The fourth-order valence-corrected chi connectivity index (χ4v) is 3.78. The predicted molar refractivity (Wildman–Crippen MR) is 104 cm³/mol. The van der Waals surface area contributed by atoms with Gasteiger partial charge in [-0.3, -0.25) is 10.1 Å². The maximum absolute atomic E-state index is 12.6. The molecule has 2 aromatic carbocycles. The van der Waals surface area contributed by atoms with E-state index in [1.165, 1.54) is 0 Å². The zero-order valence-electron chi connectivity index (χ0n) is 15.9. The van der Waals surface area contributed by atoms with E-state index in [4.69, 9.17) is 23.7 Å². The van der Waals surface area contributed by atoms with Crippen LogP contribution in [0.2, 0.25) is 0 Å². The number of rotatable bonds is 4. The molecule has 2 aromatic rings. The van der Waals surface area contributed by atoms with Crippen molar-refractivity contribution in [2.24, 2.45) is 0 Å². The van der Waals surface area contributed by atoms with Gasteiger partial charge in [0, 0.05) is 11.3 Å². The first-order chi connectivity index (χ1) is 14.7. The molecule has 0 aliphatic carbocycles. The first kappa shape index (κ1) is 18.7. The molecule has 5 rings (SSSR count). The molecular formula is C21H20N2O7. The van der Waals surface area contributed by atoms with E-state index in [0.29, 0.717) is 22.7 Å². The van der Waals surface area contributed by atoms with Crippen LogP contribution in [0.15, 0.2) is 48.5 Å². The Bertz CT molecular complexity index is 952. The highest BCUT2D eigenvalue weighted by atomic mass is 16.7. The summed E-state index contributed by atoms with van der Waals surface area (Å²) in [4.78, 5) is 24.8. The standard InChI is InChI=1S/C21H20N2O7/c24-20(12-6-7-15-16(8-12)29-11-28-15)23-14-9-26-19-17(10-27-18(14)19)30-21(25)22-13-4-2-1-3-5-13/h1-8,14,17-19H,9-11H2,(H,22,25)(H,23,24)/t14-,17-,18-,19+/m0/s1. The number of anilines is 1. The minimum absolute atomic E-state index is 0.147. The highest BCUT2D eigenvalue weighted by Gasteiger charge is 2.50. The third kappa shape index (κ3) is 3.64. The summed E-state index contributed by atoms with van der Waals surface area (Å²) in [6.07, 6.45) is -1.95. The summed E-state index contributed by atoms with van der Waals surface area (Å²) in [5, 5.41) is 5.60. The van der Waals surface area contributed by atoms with Gasteiger partial charge >= 0.3 is 6.09 Å². The Labute approximate surface area is 172 Å². The van der Waals surface area contributed by atoms with Crippen molar-refractivity contribution in [2.45, 2.75) is 24.4 Å². The van der Waals surface area contributed by atoms with Gasteiger partial charge in [-0.15, -0.1) is 0 Å². The smallest absolute Gasteiger partial charge is 0.412 e. The lowest BCUT2D eigenvalue weighted by molar-refractivity contribution is 0.00862. The number of hydrogen-bond donors (Lipinski definition) is 2. The number of nitrogens with one attached hydrogen (secondary N) is 2. The zero-order valence-corrected chi connectivity index (χ0v) is 15.9. The quantitative estimate of drug-likeness (QED) is 0.791. The summed E-state index contributed by atoms with van der Waals surface area (Å²) in [7, 11) is 0. The third-order valence-electron chi connectivity index (χ3n) is 5.24. The molecule has 2 amide bonds. The molecule has 4 atom stereocenters. The van der Waals surface area contributed by atoms with E-state index in [1.807, 2.05) is 18.2 Å². The Balaban J connectivity index is 1.17. The lowest BCUT2D eigenvalue weighted by Crippen LogP contribution is -2.44. The minimum atomic E-state index is -0.577. The van der Waals surface area contributed by atoms with E-state index in [-0.39, 0.29) is 32.0 Å². The van der Waals surface area contributed by atoms with Gasteiger partial charge in [-0.2, -0.15) is 0 Å². The first-order valence-corrected chi connectivity index (χ1v) is 9.64. The normalized spacial score (nSPS) is 26.1. The molecule has 30 heavy (non-hydrogen) atoms. The van der Waals surface area contributed by atoms with Crippen LogP contribution >= 0.6 is 0 Å². The fraction of sp³-hybridized carbons (Fsp3) is 0.333. The number of ether oxygens (including phenoxy) is 5.